The Balaban J connectivity index is 2.19. The molecule has 0 amide bonds. The van der Waals surface area contributed by atoms with E-state index in [1.165, 1.54) is 11.1 Å². The van der Waals surface area contributed by atoms with Gasteiger partial charge in [-0.25, -0.2) is 4.98 Å². The summed E-state index contributed by atoms with van der Waals surface area (Å²) in [6, 6.07) is 16.6. The maximum absolute atomic E-state index is 5.61. The van der Waals surface area contributed by atoms with Gasteiger partial charge in [0.1, 0.15) is 0 Å². The molecule has 3 aromatic rings. The second-order valence-electron chi connectivity index (χ2n) is 4.27. The van der Waals surface area contributed by atoms with Gasteiger partial charge in [0.25, 0.3) is 0 Å². The molecule has 3 heteroatoms. The van der Waals surface area contributed by atoms with Crippen LogP contribution in [-0.2, 0) is 6.54 Å². The third kappa shape index (κ3) is 1.79. The lowest BCUT2D eigenvalue weighted by atomic mass is 10.0. The van der Waals surface area contributed by atoms with Gasteiger partial charge >= 0.3 is 0 Å². The molecule has 1 heterocycles. The Kier molecular flexibility index (Phi) is 2.82. The van der Waals surface area contributed by atoms with Gasteiger partial charge in [-0.2, -0.15) is 0 Å². The van der Waals surface area contributed by atoms with Crippen molar-refractivity contribution >= 4 is 11.0 Å². The maximum Gasteiger partial charge on any atom is 0.0963 e. The SMILES string of the molecule is NCCn1cnc2c(-c3ccccc3)cccc21. The quantitative estimate of drug-likeness (QED) is 0.761. The first-order valence-electron chi connectivity index (χ1n) is 6.09. The van der Waals surface area contributed by atoms with Crippen LogP contribution in [0.2, 0.25) is 0 Å². The van der Waals surface area contributed by atoms with E-state index < -0.39 is 0 Å². The lowest BCUT2D eigenvalue weighted by Gasteiger charge is -2.04. The standard InChI is InChI=1S/C15H15N3/c16-9-10-18-11-17-15-13(7-4-8-14(15)18)12-5-2-1-3-6-12/h1-8,11H,9-10,16H2. The Hall–Kier alpha value is -2.13. The van der Waals surface area contributed by atoms with E-state index in [0.717, 1.165) is 17.6 Å². The molecule has 0 saturated heterocycles. The largest absolute Gasteiger partial charge is 0.329 e. The van der Waals surface area contributed by atoms with Crippen LogP contribution in [0, 0.1) is 0 Å². The summed E-state index contributed by atoms with van der Waals surface area (Å²) in [5, 5.41) is 0. The maximum atomic E-state index is 5.61. The van der Waals surface area contributed by atoms with E-state index in [4.69, 9.17) is 5.73 Å². The molecule has 18 heavy (non-hydrogen) atoms. The Bertz CT molecular complexity index is 656. The lowest BCUT2D eigenvalue weighted by Crippen LogP contribution is -2.08. The first kappa shape index (κ1) is 11.0. The van der Waals surface area contributed by atoms with Gasteiger partial charge in [-0.3, -0.25) is 0 Å². The predicted octanol–water partition coefficient (Wildman–Crippen LogP) is 2.66. The van der Waals surface area contributed by atoms with E-state index >= 15 is 0 Å². The molecule has 0 saturated carbocycles. The molecule has 0 bridgehead atoms. The highest BCUT2D eigenvalue weighted by molar-refractivity contribution is 5.92. The fraction of sp³-hybridized carbons (Fsp3) is 0.133. The number of fused-ring (bicyclic) bond motifs is 1. The van der Waals surface area contributed by atoms with Gasteiger partial charge < -0.3 is 10.3 Å². The zero-order chi connectivity index (χ0) is 12.4. The van der Waals surface area contributed by atoms with Crippen molar-refractivity contribution in [3.8, 4) is 11.1 Å². The van der Waals surface area contributed by atoms with Crippen LogP contribution in [0.3, 0.4) is 0 Å². The predicted molar refractivity (Wildman–Crippen MR) is 74.2 cm³/mol. The van der Waals surface area contributed by atoms with Crippen LogP contribution in [0.1, 0.15) is 0 Å². The number of hydrogen-bond donors (Lipinski definition) is 1. The summed E-state index contributed by atoms with van der Waals surface area (Å²) >= 11 is 0. The van der Waals surface area contributed by atoms with Crippen LogP contribution in [0.5, 0.6) is 0 Å². The highest BCUT2D eigenvalue weighted by atomic mass is 15.0. The molecule has 0 aliphatic carbocycles. The molecular weight excluding hydrogens is 222 g/mol. The molecule has 0 radical (unpaired) electrons. The summed E-state index contributed by atoms with van der Waals surface area (Å²) in [5.74, 6) is 0. The minimum absolute atomic E-state index is 0.626. The van der Waals surface area contributed by atoms with Gasteiger partial charge in [0.2, 0.25) is 0 Å². The average Bonchev–Trinajstić information content (AvgIpc) is 2.84. The number of para-hydroxylation sites is 1. The van der Waals surface area contributed by atoms with Crippen molar-refractivity contribution in [3.63, 3.8) is 0 Å². The molecule has 0 aliphatic heterocycles. The number of benzene rings is 2. The van der Waals surface area contributed by atoms with Crippen LogP contribution in [-0.4, -0.2) is 16.1 Å². The molecule has 0 fully saturated rings. The topological polar surface area (TPSA) is 43.8 Å². The average molecular weight is 237 g/mol. The molecule has 3 nitrogen and oxygen atoms in total. The van der Waals surface area contributed by atoms with Gasteiger partial charge in [-0.05, 0) is 11.6 Å². The van der Waals surface area contributed by atoms with E-state index in [0.29, 0.717) is 6.54 Å². The highest BCUT2D eigenvalue weighted by Crippen LogP contribution is 2.27. The van der Waals surface area contributed by atoms with Gasteiger partial charge in [0, 0.05) is 18.7 Å². The monoisotopic (exact) mass is 237 g/mol. The molecule has 1 aromatic heterocycles. The zero-order valence-electron chi connectivity index (χ0n) is 10.1. The highest BCUT2D eigenvalue weighted by Gasteiger charge is 2.07. The fourth-order valence-electron chi connectivity index (χ4n) is 2.26. The summed E-state index contributed by atoms with van der Waals surface area (Å²) in [6.07, 6.45) is 1.87. The summed E-state index contributed by atoms with van der Waals surface area (Å²) in [7, 11) is 0. The van der Waals surface area contributed by atoms with Gasteiger partial charge in [-0.15, -0.1) is 0 Å². The van der Waals surface area contributed by atoms with Gasteiger partial charge in [0.15, 0.2) is 0 Å². The molecule has 90 valence electrons. The van der Waals surface area contributed by atoms with Crippen molar-refractivity contribution in [2.75, 3.05) is 6.54 Å². The lowest BCUT2D eigenvalue weighted by molar-refractivity contribution is 0.728. The van der Waals surface area contributed by atoms with Gasteiger partial charge in [-0.1, -0.05) is 42.5 Å². The van der Waals surface area contributed by atoms with Crippen molar-refractivity contribution in [1.82, 2.24) is 9.55 Å². The first-order chi connectivity index (χ1) is 8.90. The number of nitrogens with zero attached hydrogens (tertiary/aromatic N) is 2. The van der Waals surface area contributed by atoms with E-state index in [9.17, 15) is 0 Å². The third-order valence-corrected chi connectivity index (χ3v) is 3.11. The summed E-state index contributed by atoms with van der Waals surface area (Å²) in [5.41, 5.74) is 10.2. The van der Waals surface area contributed by atoms with Gasteiger partial charge in [0.05, 0.1) is 17.4 Å². The Morgan fingerprint density at radius 3 is 2.61 bits per heavy atom. The van der Waals surface area contributed by atoms with E-state index in [1.54, 1.807) is 0 Å². The van der Waals surface area contributed by atoms with Crippen molar-refractivity contribution in [1.29, 1.82) is 0 Å². The molecule has 0 atom stereocenters. The summed E-state index contributed by atoms with van der Waals surface area (Å²) in [4.78, 5) is 4.52. The minimum atomic E-state index is 0.626. The Morgan fingerprint density at radius 2 is 1.83 bits per heavy atom. The van der Waals surface area contributed by atoms with Crippen molar-refractivity contribution < 1.29 is 0 Å². The Morgan fingerprint density at radius 1 is 1.00 bits per heavy atom. The zero-order valence-corrected chi connectivity index (χ0v) is 10.1. The molecular formula is C15H15N3. The molecule has 3 rings (SSSR count). The van der Waals surface area contributed by atoms with Crippen molar-refractivity contribution in [2.45, 2.75) is 6.54 Å². The molecule has 0 unspecified atom stereocenters. The first-order valence-corrected chi connectivity index (χ1v) is 6.09. The number of nitrogens with two attached hydrogens (primary N) is 1. The smallest absolute Gasteiger partial charge is 0.0963 e. The molecule has 2 aromatic carbocycles. The molecule has 0 aliphatic rings. The van der Waals surface area contributed by atoms with E-state index in [2.05, 4.69) is 39.9 Å². The normalized spacial score (nSPS) is 10.9. The number of hydrogen-bond acceptors (Lipinski definition) is 2. The number of imidazole rings is 1. The van der Waals surface area contributed by atoms with Crippen molar-refractivity contribution in [3.05, 3.63) is 54.9 Å². The molecule has 0 spiro atoms. The van der Waals surface area contributed by atoms with Crippen LogP contribution in [0.4, 0.5) is 0 Å². The minimum Gasteiger partial charge on any atom is -0.329 e. The summed E-state index contributed by atoms with van der Waals surface area (Å²) in [6.45, 7) is 1.43. The van der Waals surface area contributed by atoms with Crippen LogP contribution >= 0.6 is 0 Å². The number of rotatable bonds is 3. The van der Waals surface area contributed by atoms with E-state index in [-0.39, 0.29) is 0 Å². The second-order valence-corrected chi connectivity index (χ2v) is 4.27. The van der Waals surface area contributed by atoms with Crippen LogP contribution < -0.4 is 5.73 Å². The van der Waals surface area contributed by atoms with Crippen molar-refractivity contribution in [2.24, 2.45) is 5.73 Å². The second kappa shape index (κ2) is 4.63. The third-order valence-electron chi connectivity index (χ3n) is 3.11. The Labute approximate surface area is 106 Å². The molecule has 2 N–H and O–H groups in total. The fourth-order valence-corrected chi connectivity index (χ4v) is 2.26. The van der Waals surface area contributed by atoms with Crippen LogP contribution in [0.15, 0.2) is 54.9 Å². The summed E-state index contributed by atoms with van der Waals surface area (Å²) < 4.78 is 2.10. The van der Waals surface area contributed by atoms with Crippen LogP contribution in [0.25, 0.3) is 22.2 Å². The number of aromatic nitrogens is 2. The van der Waals surface area contributed by atoms with E-state index in [1.807, 2.05) is 24.5 Å².